The van der Waals surface area contributed by atoms with E-state index in [1.807, 2.05) is 12.1 Å². The molecule has 0 saturated carbocycles. The maximum Gasteiger partial charge on any atom is 0.280 e. The SMILES string of the molecule is Cc1nc2ccccc2c(=O)n1NC(=O)CNc1ccccc1Cl. The van der Waals surface area contributed by atoms with Crippen molar-refractivity contribution in [2.75, 3.05) is 17.3 Å². The van der Waals surface area contributed by atoms with Gasteiger partial charge in [-0.2, -0.15) is 0 Å². The zero-order valence-electron chi connectivity index (χ0n) is 12.9. The number of anilines is 1. The zero-order valence-corrected chi connectivity index (χ0v) is 13.7. The van der Waals surface area contributed by atoms with Crippen molar-refractivity contribution >= 4 is 34.1 Å². The van der Waals surface area contributed by atoms with Crippen LogP contribution in [0.3, 0.4) is 0 Å². The average molecular weight is 343 g/mol. The molecule has 0 bridgehead atoms. The monoisotopic (exact) mass is 342 g/mol. The molecule has 122 valence electrons. The van der Waals surface area contributed by atoms with Gasteiger partial charge in [0, 0.05) is 0 Å². The fourth-order valence-corrected chi connectivity index (χ4v) is 2.52. The highest BCUT2D eigenvalue weighted by Crippen LogP contribution is 2.19. The summed E-state index contributed by atoms with van der Waals surface area (Å²) in [6.45, 7) is 1.64. The molecule has 0 radical (unpaired) electrons. The van der Waals surface area contributed by atoms with E-state index in [1.54, 1.807) is 43.3 Å². The summed E-state index contributed by atoms with van der Waals surface area (Å²) in [5, 5.41) is 3.90. The normalized spacial score (nSPS) is 10.6. The number of rotatable bonds is 4. The summed E-state index contributed by atoms with van der Waals surface area (Å²) in [7, 11) is 0. The lowest BCUT2D eigenvalue weighted by Crippen LogP contribution is -2.38. The Morgan fingerprint density at radius 2 is 1.88 bits per heavy atom. The second-order valence-electron chi connectivity index (χ2n) is 5.19. The van der Waals surface area contributed by atoms with Crippen molar-refractivity contribution in [3.05, 3.63) is 69.7 Å². The van der Waals surface area contributed by atoms with Crippen LogP contribution in [0, 0.1) is 6.92 Å². The van der Waals surface area contributed by atoms with E-state index < -0.39 is 0 Å². The number of nitrogens with zero attached hydrogens (tertiary/aromatic N) is 2. The summed E-state index contributed by atoms with van der Waals surface area (Å²) in [4.78, 5) is 28.9. The summed E-state index contributed by atoms with van der Waals surface area (Å²) < 4.78 is 1.15. The number of nitrogens with one attached hydrogen (secondary N) is 2. The van der Waals surface area contributed by atoms with E-state index in [2.05, 4.69) is 15.7 Å². The molecule has 0 fully saturated rings. The summed E-state index contributed by atoms with van der Waals surface area (Å²) in [6, 6.07) is 14.1. The third-order valence-corrected chi connectivity index (χ3v) is 3.82. The van der Waals surface area contributed by atoms with Crippen LogP contribution in [0.5, 0.6) is 0 Å². The van der Waals surface area contributed by atoms with Crippen LogP contribution in [0.25, 0.3) is 10.9 Å². The van der Waals surface area contributed by atoms with Crippen molar-refractivity contribution in [1.29, 1.82) is 0 Å². The number of benzene rings is 2. The van der Waals surface area contributed by atoms with Crippen molar-refractivity contribution in [1.82, 2.24) is 9.66 Å². The number of halogens is 1. The van der Waals surface area contributed by atoms with Crippen LogP contribution in [0.4, 0.5) is 5.69 Å². The summed E-state index contributed by atoms with van der Waals surface area (Å²) in [5.41, 5.74) is 3.49. The number of aryl methyl sites for hydroxylation is 1. The summed E-state index contributed by atoms with van der Waals surface area (Å²) in [6.07, 6.45) is 0. The van der Waals surface area contributed by atoms with Crippen LogP contribution in [0.2, 0.25) is 5.02 Å². The molecule has 0 aliphatic rings. The minimum Gasteiger partial charge on any atom is -0.375 e. The number of carbonyl (C=O) groups is 1. The highest BCUT2D eigenvalue weighted by Gasteiger charge is 2.10. The molecule has 24 heavy (non-hydrogen) atoms. The molecular weight excluding hydrogens is 328 g/mol. The number of carbonyl (C=O) groups excluding carboxylic acids is 1. The van der Waals surface area contributed by atoms with E-state index in [-0.39, 0.29) is 18.0 Å². The number of amides is 1. The van der Waals surface area contributed by atoms with E-state index in [9.17, 15) is 9.59 Å². The molecule has 1 amide bonds. The largest absolute Gasteiger partial charge is 0.375 e. The fraction of sp³-hybridized carbons (Fsp3) is 0.118. The lowest BCUT2D eigenvalue weighted by atomic mass is 10.2. The smallest absolute Gasteiger partial charge is 0.280 e. The van der Waals surface area contributed by atoms with Gasteiger partial charge in [-0.05, 0) is 31.2 Å². The molecule has 1 heterocycles. The first kappa shape index (κ1) is 16.0. The molecular formula is C17H15ClN4O2. The number of fused-ring (bicyclic) bond motifs is 1. The Hall–Kier alpha value is -2.86. The Balaban J connectivity index is 1.78. The van der Waals surface area contributed by atoms with Crippen LogP contribution >= 0.6 is 11.6 Å². The van der Waals surface area contributed by atoms with E-state index in [0.29, 0.717) is 27.4 Å². The molecule has 7 heteroatoms. The van der Waals surface area contributed by atoms with Crippen molar-refractivity contribution in [2.24, 2.45) is 0 Å². The van der Waals surface area contributed by atoms with E-state index >= 15 is 0 Å². The van der Waals surface area contributed by atoms with Crippen LogP contribution in [-0.4, -0.2) is 22.1 Å². The predicted molar refractivity (Wildman–Crippen MR) is 95.0 cm³/mol. The second-order valence-corrected chi connectivity index (χ2v) is 5.59. The Bertz CT molecular complexity index is 968. The molecule has 3 aromatic rings. The van der Waals surface area contributed by atoms with Crippen LogP contribution in [-0.2, 0) is 4.79 Å². The Kier molecular flexibility index (Phi) is 4.48. The molecule has 3 rings (SSSR count). The van der Waals surface area contributed by atoms with Crippen LogP contribution in [0.15, 0.2) is 53.3 Å². The van der Waals surface area contributed by atoms with Gasteiger partial charge < -0.3 is 5.32 Å². The molecule has 0 unspecified atom stereocenters. The minimum absolute atomic E-state index is 0.0254. The molecule has 0 atom stereocenters. The highest BCUT2D eigenvalue weighted by molar-refractivity contribution is 6.33. The molecule has 2 N–H and O–H groups in total. The summed E-state index contributed by atoms with van der Waals surface area (Å²) >= 11 is 6.02. The lowest BCUT2D eigenvalue weighted by Gasteiger charge is -2.13. The van der Waals surface area contributed by atoms with Gasteiger partial charge in [-0.3, -0.25) is 15.0 Å². The third-order valence-electron chi connectivity index (χ3n) is 3.49. The molecule has 0 aliphatic heterocycles. The van der Waals surface area contributed by atoms with E-state index in [0.717, 1.165) is 4.68 Å². The van der Waals surface area contributed by atoms with Crippen LogP contribution in [0.1, 0.15) is 5.82 Å². The quantitative estimate of drug-likeness (QED) is 0.764. The predicted octanol–water partition coefficient (Wildman–Crippen LogP) is 2.54. The van der Waals surface area contributed by atoms with Gasteiger partial charge in [-0.15, -0.1) is 0 Å². The molecule has 2 aromatic carbocycles. The van der Waals surface area contributed by atoms with E-state index in [4.69, 9.17) is 11.6 Å². The van der Waals surface area contributed by atoms with Gasteiger partial charge >= 0.3 is 0 Å². The van der Waals surface area contributed by atoms with Gasteiger partial charge in [-0.1, -0.05) is 35.9 Å². The lowest BCUT2D eigenvalue weighted by molar-refractivity contribution is -0.115. The van der Waals surface area contributed by atoms with Crippen molar-refractivity contribution < 1.29 is 4.79 Å². The Labute approximate surface area is 143 Å². The number of hydrogen-bond donors (Lipinski definition) is 2. The van der Waals surface area contributed by atoms with E-state index in [1.165, 1.54) is 0 Å². The molecule has 0 spiro atoms. The maximum atomic E-state index is 12.5. The maximum absolute atomic E-state index is 12.5. The van der Waals surface area contributed by atoms with Gasteiger partial charge in [0.05, 0.1) is 28.2 Å². The minimum atomic E-state index is -0.378. The molecule has 6 nitrogen and oxygen atoms in total. The van der Waals surface area contributed by atoms with Crippen molar-refractivity contribution in [2.45, 2.75) is 6.92 Å². The van der Waals surface area contributed by atoms with Gasteiger partial charge in [-0.25, -0.2) is 9.66 Å². The molecule has 0 saturated heterocycles. The standard InChI is InChI=1S/C17H15ClN4O2/c1-11-20-14-8-4-2-6-12(14)17(24)22(11)21-16(23)10-19-15-9-5-3-7-13(15)18/h2-9,19H,10H2,1H3,(H,21,23). The zero-order chi connectivity index (χ0) is 17.1. The summed E-state index contributed by atoms with van der Waals surface area (Å²) in [5.74, 6) is 0.0296. The molecule has 0 aliphatic carbocycles. The number of para-hydroxylation sites is 2. The van der Waals surface area contributed by atoms with Crippen molar-refractivity contribution in [3.8, 4) is 0 Å². The first-order chi connectivity index (χ1) is 11.6. The number of aromatic nitrogens is 2. The fourth-order valence-electron chi connectivity index (χ4n) is 2.32. The highest BCUT2D eigenvalue weighted by atomic mass is 35.5. The third kappa shape index (κ3) is 3.23. The first-order valence-corrected chi connectivity index (χ1v) is 7.71. The van der Waals surface area contributed by atoms with Gasteiger partial charge in [0.15, 0.2) is 0 Å². The van der Waals surface area contributed by atoms with Gasteiger partial charge in [0.25, 0.3) is 11.5 Å². The number of hydrogen-bond acceptors (Lipinski definition) is 4. The van der Waals surface area contributed by atoms with Gasteiger partial charge in [0.1, 0.15) is 5.82 Å². The second kappa shape index (κ2) is 6.72. The van der Waals surface area contributed by atoms with Gasteiger partial charge in [0.2, 0.25) is 0 Å². The molecule has 1 aromatic heterocycles. The Morgan fingerprint density at radius 3 is 2.67 bits per heavy atom. The van der Waals surface area contributed by atoms with Crippen molar-refractivity contribution in [3.63, 3.8) is 0 Å². The first-order valence-electron chi connectivity index (χ1n) is 7.33. The Morgan fingerprint density at radius 1 is 1.17 bits per heavy atom. The topological polar surface area (TPSA) is 76.0 Å². The van der Waals surface area contributed by atoms with Crippen LogP contribution < -0.4 is 16.3 Å². The average Bonchev–Trinajstić information content (AvgIpc) is 2.58.